The summed E-state index contributed by atoms with van der Waals surface area (Å²) in [6.45, 7) is 4.53. The fourth-order valence-electron chi connectivity index (χ4n) is 0.694. The molecule has 0 aromatic heterocycles. The summed E-state index contributed by atoms with van der Waals surface area (Å²) in [6.07, 6.45) is 3.93. The summed E-state index contributed by atoms with van der Waals surface area (Å²) >= 11 is 6.27. The third-order valence-corrected chi connectivity index (χ3v) is 3.02. The van der Waals surface area contributed by atoms with Crippen molar-refractivity contribution >= 4 is 24.4 Å². The SMILES string of the molecule is CCCCSC(C)CCS. The van der Waals surface area contributed by atoms with Gasteiger partial charge in [-0.15, -0.1) is 0 Å². The Labute approximate surface area is 74.6 Å². The third kappa shape index (κ3) is 6.81. The van der Waals surface area contributed by atoms with Crippen LogP contribution in [0.3, 0.4) is 0 Å². The molecule has 0 amide bonds. The minimum atomic E-state index is 0.809. The molecule has 0 aliphatic carbocycles. The van der Waals surface area contributed by atoms with Crippen LogP contribution in [0.5, 0.6) is 0 Å². The van der Waals surface area contributed by atoms with Crippen molar-refractivity contribution in [3.8, 4) is 0 Å². The van der Waals surface area contributed by atoms with Crippen LogP contribution in [0.4, 0.5) is 0 Å². The molecule has 0 rings (SSSR count). The van der Waals surface area contributed by atoms with Crippen molar-refractivity contribution in [3.05, 3.63) is 0 Å². The summed E-state index contributed by atoms with van der Waals surface area (Å²) < 4.78 is 0. The van der Waals surface area contributed by atoms with Crippen LogP contribution in [0.15, 0.2) is 0 Å². The lowest BCUT2D eigenvalue weighted by atomic mass is 10.4. The van der Waals surface area contributed by atoms with Gasteiger partial charge in [0.1, 0.15) is 0 Å². The third-order valence-electron chi connectivity index (χ3n) is 1.44. The van der Waals surface area contributed by atoms with Gasteiger partial charge in [-0.2, -0.15) is 24.4 Å². The van der Waals surface area contributed by atoms with Crippen molar-refractivity contribution in [2.75, 3.05) is 11.5 Å². The summed E-state index contributed by atoms with van der Waals surface area (Å²) in [7, 11) is 0. The van der Waals surface area contributed by atoms with Crippen LogP contribution >= 0.6 is 24.4 Å². The van der Waals surface area contributed by atoms with E-state index < -0.39 is 0 Å². The minimum absolute atomic E-state index is 0.809. The van der Waals surface area contributed by atoms with Gasteiger partial charge in [-0.3, -0.25) is 0 Å². The van der Waals surface area contributed by atoms with E-state index in [0.717, 1.165) is 11.0 Å². The van der Waals surface area contributed by atoms with Gasteiger partial charge in [0, 0.05) is 5.25 Å². The van der Waals surface area contributed by atoms with Gasteiger partial charge in [-0.05, 0) is 24.3 Å². The summed E-state index contributed by atoms with van der Waals surface area (Å²) in [5.74, 6) is 2.35. The Morgan fingerprint density at radius 2 is 2.20 bits per heavy atom. The first-order valence-corrected chi connectivity index (χ1v) is 5.71. The van der Waals surface area contributed by atoms with E-state index in [0.29, 0.717) is 0 Å². The molecule has 2 heteroatoms. The van der Waals surface area contributed by atoms with Crippen LogP contribution in [-0.4, -0.2) is 16.8 Å². The molecule has 10 heavy (non-hydrogen) atoms. The van der Waals surface area contributed by atoms with Crippen molar-refractivity contribution < 1.29 is 0 Å². The molecule has 0 aliphatic rings. The van der Waals surface area contributed by atoms with E-state index in [1.165, 1.54) is 25.0 Å². The molecule has 1 unspecified atom stereocenters. The molecule has 0 N–H and O–H groups in total. The first-order chi connectivity index (χ1) is 4.81. The number of unbranched alkanes of at least 4 members (excludes halogenated alkanes) is 1. The van der Waals surface area contributed by atoms with Crippen molar-refractivity contribution in [2.24, 2.45) is 0 Å². The molecule has 0 aliphatic heterocycles. The summed E-state index contributed by atoms with van der Waals surface area (Å²) in [6, 6.07) is 0. The minimum Gasteiger partial charge on any atom is -0.179 e. The fourth-order valence-corrected chi connectivity index (χ4v) is 2.40. The van der Waals surface area contributed by atoms with Crippen molar-refractivity contribution in [1.82, 2.24) is 0 Å². The molecule has 0 radical (unpaired) electrons. The predicted molar refractivity (Wildman–Crippen MR) is 55.3 cm³/mol. The van der Waals surface area contributed by atoms with Crippen LogP contribution in [0.25, 0.3) is 0 Å². The average Bonchev–Trinajstić information content (AvgIpc) is 1.89. The zero-order chi connectivity index (χ0) is 7.82. The zero-order valence-electron chi connectivity index (χ0n) is 6.97. The van der Waals surface area contributed by atoms with Crippen molar-refractivity contribution in [3.63, 3.8) is 0 Å². The highest BCUT2D eigenvalue weighted by Gasteiger charge is 1.98. The maximum absolute atomic E-state index is 4.19. The molecule has 1 atom stereocenters. The van der Waals surface area contributed by atoms with Crippen molar-refractivity contribution in [2.45, 2.75) is 38.4 Å². The van der Waals surface area contributed by atoms with Gasteiger partial charge < -0.3 is 0 Å². The maximum atomic E-state index is 4.19. The normalized spacial score (nSPS) is 13.5. The second kappa shape index (κ2) is 7.80. The second-order valence-corrected chi connectivity index (χ2v) is 4.54. The average molecular weight is 178 g/mol. The first-order valence-electron chi connectivity index (χ1n) is 4.03. The number of rotatable bonds is 6. The molecule has 62 valence electrons. The lowest BCUT2D eigenvalue weighted by Gasteiger charge is -2.07. The van der Waals surface area contributed by atoms with E-state index in [4.69, 9.17) is 0 Å². The molecule has 0 aromatic rings. The lowest BCUT2D eigenvalue weighted by molar-refractivity contribution is 0.877. The highest BCUT2D eigenvalue weighted by Crippen LogP contribution is 2.15. The Kier molecular flexibility index (Phi) is 8.35. The fraction of sp³-hybridized carbons (Fsp3) is 1.00. The van der Waals surface area contributed by atoms with Crippen molar-refractivity contribution in [1.29, 1.82) is 0 Å². The van der Waals surface area contributed by atoms with E-state index in [9.17, 15) is 0 Å². The smallest absolute Gasteiger partial charge is 0.00264 e. The molecule has 0 bridgehead atoms. The highest BCUT2D eigenvalue weighted by atomic mass is 32.2. The Morgan fingerprint density at radius 1 is 1.50 bits per heavy atom. The molecule has 0 spiro atoms. The second-order valence-electron chi connectivity index (χ2n) is 2.55. The number of hydrogen-bond donors (Lipinski definition) is 1. The van der Waals surface area contributed by atoms with Gasteiger partial charge in [0.05, 0.1) is 0 Å². The molecular weight excluding hydrogens is 160 g/mol. The topological polar surface area (TPSA) is 0 Å². The summed E-state index contributed by atoms with van der Waals surface area (Å²) in [4.78, 5) is 0. The Bertz CT molecular complexity index is 64.3. The van der Waals surface area contributed by atoms with Gasteiger partial charge >= 0.3 is 0 Å². The van der Waals surface area contributed by atoms with Gasteiger partial charge in [-0.1, -0.05) is 20.3 Å². The summed E-state index contributed by atoms with van der Waals surface area (Å²) in [5.41, 5.74) is 0. The van der Waals surface area contributed by atoms with Gasteiger partial charge in [0.25, 0.3) is 0 Å². The lowest BCUT2D eigenvalue weighted by Crippen LogP contribution is -1.97. The number of hydrogen-bond acceptors (Lipinski definition) is 2. The summed E-state index contributed by atoms with van der Waals surface area (Å²) in [5, 5.41) is 0.809. The first kappa shape index (κ1) is 10.7. The van der Waals surface area contributed by atoms with Crippen LogP contribution in [0, 0.1) is 0 Å². The van der Waals surface area contributed by atoms with E-state index in [1.807, 2.05) is 0 Å². The largest absolute Gasteiger partial charge is 0.179 e. The standard InChI is InChI=1S/C8H18S2/c1-3-4-7-10-8(2)5-6-9/h8-9H,3-7H2,1-2H3. The predicted octanol–water partition coefficient (Wildman–Crippen LogP) is 3.23. The molecule has 0 saturated heterocycles. The van der Waals surface area contributed by atoms with E-state index in [-0.39, 0.29) is 0 Å². The van der Waals surface area contributed by atoms with Gasteiger partial charge in [-0.25, -0.2) is 0 Å². The van der Waals surface area contributed by atoms with E-state index in [1.54, 1.807) is 0 Å². The van der Waals surface area contributed by atoms with Crippen LogP contribution < -0.4 is 0 Å². The van der Waals surface area contributed by atoms with Gasteiger partial charge in [0.15, 0.2) is 0 Å². The van der Waals surface area contributed by atoms with Crippen LogP contribution in [0.1, 0.15) is 33.1 Å². The Morgan fingerprint density at radius 3 is 2.70 bits per heavy atom. The quantitative estimate of drug-likeness (QED) is 0.481. The number of thiol groups is 1. The van der Waals surface area contributed by atoms with Crippen LogP contribution in [0.2, 0.25) is 0 Å². The molecule has 0 nitrogen and oxygen atoms in total. The Balaban J connectivity index is 2.97. The maximum Gasteiger partial charge on any atom is 0.00264 e. The Hall–Kier alpha value is 0.700. The molecule has 0 heterocycles. The molecule has 0 aromatic carbocycles. The zero-order valence-corrected chi connectivity index (χ0v) is 8.68. The van der Waals surface area contributed by atoms with E-state index >= 15 is 0 Å². The van der Waals surface area contributed by atoms with Crippen LogP contribution in [-0.2, 0) is 0 Å². The number of thioether (sulfide) groups is 1. The monoisotopic (exact) mass is 178 g/mol. The van der Waals surface area contributed by atoms with E-state index in [2.05, 4.69) is 38.2 Å². The highest BCUT2D eigenvalue weighted by molar-refractivity contribution is 7.99. The molecule has 0 fully saturated rings. The van der Waals surface area contributed by atoms with Gasteiger partial charge in [0.2, 0.25) is 0 Å². The molecule has 0 saturated carbocycles. The molecular formula is C8H18S2.